The van der Waals surface area contributed by atoms with Crippen LogP contribution in [0.5, 0.6) is 0 Å². The summed E-state index contributed by atoms with van der Waals surface area (Å²) in [6, 6.07) is 0. The van der Waals surface area contributed by atoms with Gasteiger partial charge in [-0.25, -0.2) is 4.99 Å². The normalized spacial score (nSPS) is 10.7. The molecule has 0 spiro atoms. The van der Waals surface area contributed by atoms with E-state index in [1.54, 1.807) is 12.3 Å². The summed E-state index contributed by atoms with van der Waals surface area (Å²) in [6.07, 6.45) is 3.94. The Morgan fingerprint density at radius 1 is 1.79 bits per heavy atom. The number of aromatic amines is 1. The minimum absolute atomic E-state index is 0.143. The molecule has 0 saturated carbocycles. The van der Waals surface area contributed by atoms with Crippen LogP contribution in [0.3, 0.4) is 0 Å². The van der Waals surface area contributed by atoms with E-state index in [1.165, 1.54) is 6.92 Å². The van der Waals surface area contributed by atoms with Crippen molar-refractivity contribution < 1.29 is 4.79 Å². The van der Waals surface area contributed by atoms with Gasteiger partial charge in [0.25, 0.3) is 0 Å². The number of carbonyl (C=O) groups is 1. The van der Waals surface area contributed by atoms with Crippen LogP contribution in [-0.2, 0) is 0 Å². The topological polar surface area (TPSA) is 58.1 Å². The Balaban J connectivity index is 2.95. The zero-order chi connectivity index (χ0) is 10.6. The molecule has 0 aliphatic heterocycles. The van der Waals surface area contributed by atoms with Crippen LogP contribution in [0.4, 0.5) is 5.82 Å². The number of halogens is 1. The van der Waals surface area contributed by atoms with E-state index >= 15 is 0 Å². The largest absolute Gasteiger partial charge is 0.324 e. The second-order valence-corrected chi connectivity index (χ2v) is 2.98. The molecule has 0 saturated heterocycles. The minimum atomic E-state index is -0.143. The van der Waals surface area contributed by atoms with Crippen LogP contribution in [0.1, 0.15) is 23.8 Å². The number of imidazole rings is 1. The molecule has 1 rings (SSSR count). The Labute approximate surface area is 86.7 Å². The molecule has 1 aromatic rings. The van der Waals surface area contributed by atoms with Gasteiger partial charge in [0, 0.05) is 19.6 Å². The van der Waals surface area contributed by atoms with E-state index in [9.17, 15) is 4.79 Å². The maximum absolute atomic E-state index is 11.1. The number of Topliss-reactive ketones (excluding diaryl/α,β-unsaturated/α-hetero) is 1. The monoisotopic (exact) mass is 211 g/mol. The fourth-order valence-electron chi connectivity index (χ4n) is 0.888. The molecule has 5 heteroatoms. The summed E-state index contributed by atoms with van der Waals surface area (Å²) in [5.41, 5.74) is 0.329. The first-order valence-corrected chi connectivity index (χ1v) is 4.42. The number of hydrogen-bond acceptors (Lipinski definition) is 3. The van der Waals surface area contributed by atoms with Crippen molar-refractivity contribution in [1.82, 2.24) is 9.97 Å². The van der Waals surface area contributed by atoms with Crippen LogP contribution >= 0.6 is 11.6 Å². The average Bonchev–Trinajstić information content (AvgIpc) is 2.47. The highest BCUT2D eigenvalue weighted by atomic mass is 35.5. The number of carbonyl (C=O) groups excluding carboxylic acids is 1. The first-order valence-electron chi connectivity index (χ1n) is 4.05. The maximum Gasteiger partial charge on any atom is 0.202 e. The number of aromatic nitrogens is 2. The predicted molar refractivity (Wildman–Crippen MR) is 56.6 cm³/mol. The number of H-pyrrole nitrogens is 1. The van der Waals surface area contributed by atoms with Gasteiger partial charge in [-0.05, 0) is 11.6 Å². The molecule has 0 aliphatic carbocycles. The van der Waals surface area contributed by atoms with Gasteiger partial charge in [0.15, 0.2) is 11.6 Å². The lowest BCUT2D eigenvalue weighted by Gasteiger charge is -1.89. The van der Waals surface area contributed by atoms with Crippen molar-refractivity contribution in [2.75, 3.05) is 0 Å². The maximum atomic E-state index is 11.1. The molecule has 1 heterocycles. The van der Waals surface area contributed by atoms with Crippen molar-refractivity contribution in [3.05, 3.63) is 23.6 Å². The molecule has 14 heavy (non-hydrogen) atoms. The Morgan fingerprint density at radius 3 is 3.07 bits per heavy atom. The van der Waals surface area contributed by atoms with E-state index in [1.807, 2.05) is 0 Å². The SMILES string of the molecule is C=CC/C=N\c1nc(Cl)[nH]c1C(C)=O. The number of nitrogens with zero attached hydrogens (tertiary/aromatic N) is 2. The molecular weight excluding hydrogens is 202 g/mol. The molecule has 1 N–H and O–H groups in total. The smallest absolute Gasteiger partial charge is 0.202 e. The van der Waals surface area contributed by atoms with Gasteiger partial charge < -0.3 is 4.98 Å². The number of aliphatic imine (C=N–C) groups is 1. The van der Waals surface area contributed by atoms with E-state index in [0.29, 0.717) is 17.9 Å². The van der Waals surface area contributed by atoms with E-state index in [-0.39, 0.29) is 11.1 Å². The van der Waals surface area contributed by atoms with E-state index in [4.69, 9.17) is 11.6 Å². The molecule has 0 aromatic carbocycles. The fourth-order valence-corrected chi connectivity index (χ4v) is 1.06. The lowest BCUT2D eigenvalue weighted by atomic mass is 10.3. The highest BCUT2D eigenvalue weighted by Gasteiger charge is 2.11. The molecule has 1 aromatic heterocycles. The summed E-state index contributed by atoms with van der Waals surface area (Å²) < 4.78 is 0. The van der Waals surface area contributed by atoms with Gasteiger partial charge in [0.2, 0.25) is 5.28 Å². The summed E-state index contributed by atoms with van der Waals surface area (Å²) in [5, 5.41) is 0.168. The molecule has 0 bridgehead atoms. The van der Waals surface area contributed by atoms with Gasteiger partial charge in [-0.2, -0.15) is 4.98 Å². The molecule has 74 valence electrons. The number of nitrogens with one attached hydrogen (secondary N) is 1. The molecular formula is C9H10ClN3O. The van der Waals surface area contributed by atoms with Gasteiger partial charge in [-0.1, -0.05) is 6.08 Å². The van der Waals surface area contributed by atoms with Crippen molar-refractivity contribution >= 4 is 29.4 Å². The van der Waals surface area contributed by atoms with Crippen LogP contribution in [0.25, 0.3) is 0 Å². The summed E-state index contributed by atoms with van der Waals surface area (Å²) in [7, 11) is 0. The minimum Gasteiger partial charge on any atom is -0.324 e. The lowest BCUT2D eigenvalue weighted by Crippen LogP contribution is -1.92. The van der Waals surface area contributed by atoms with Crippen molar-refractivity contribution in [2.45, 2.75) is 13.3 Å². The van der Waals surface area contributed by atoms with Crippen molar-refractivity contribution in [3.8, 4) is 0 Å². The van der Waals surface area contributed by atoms with Crippen LogP contribution in [0.2, 0.25) is 5.28 Å². The fraction of sp³-hybridized carbons (Fsp3) is 0.222. The van der Waals surface area contributed by atoms with Crippen molar-refractivity contribution in [1.29, 1.82) is 0 Å². The third-order valence-corrected chi connectivity index (χ3v) is 1.67. The van der Waals surface area contributed by atoms with Crippen molar-refractivity contribution in [3.63, 3.8) is 0 Å². The highest BCUT2D eigenvalue weighted by molar-refractivity contribution is 6.28. The first-order chi connectivity index (χ1) is 6.65. The molecule has 0 fully saturated rings. The molecule has 0 amide bonds. The van der Waals surface area contributed by atoms with Crippen LogP contribution < -0.4 is 0 Å². The lowest BCUT2D eigenvalue weighted by molar-refractivity contribution is 0.101. The van der Waals surface area contributed by atoms with Gasteiger partial charge in [0.1, 0.15) is 5.69 Å². The summed E-state index contributed by atoms with van der Waals surface area (Å²) in [4.78, 5) is 21.6. The summed E-state index contributed by atoms with van der Waals surface area (Å²) in [6.45, 7) is 4.97. The zero-order valence-electron chi connectivity index (χ0n) is 7.75. The van der Waals surface area contributed by atoms with Gasteiger partial charge in [0.05, 0.1) is 0 Å². The molecule has 0 unspecified atom stereocenters. The molecule has 4 nitrogen and oxygen atoms in total. The standard InChI is InChI=1S/C9H10ClN3O/c1-3-4-5-11-8-7(6(2)14)12-9(10)13-8/h3,5H,1,4H2,2H3,(H,12,13)/b11-5-. The second kappa shape index (κ2) is 4.72. The van der Waals surface area contributed by atoms with Gasteiger partial charge in [-0.15, -0.1) is 6.58 Å². The van der Waals surface area contributed by atoms with E-state index in [2.05, 4.69) is 21.5 Å². The number of allylic oxidation sites excluding steroid dienone is 1. The van der Waals surface area contributed by atoms with Crippen LogP contribution in [-0.4, -0.2) is 22.0 Å². The number of hydrogen-bond donors (Lipinski definition) is 1. The molecule has 0 radical (unpaired) electrons. The predicted octanol–water partition coefficient (Wildman–Crippen LogP) is 2.54. The molecule has 0 aliphatic rings. The third-order valence-electron chi connectivity index (χ3n) is 1.49. The summed E-state index contributed by atoms with van der Waals surface area (Å²) in [5.74, 6) is 0.180. The van der Waals surface area contributed by atoms with Crippen LogP contribution in [0, 0.1) is 0 Å². The zero-order valence-corrected chi connectivity index (χ0v) is 8.51. The van der Waals surface area contributed by atoms with Crippen LogP contribution in [0.15, 0.2) is 17.6 Å². The highest BCUT2D eigenvalue weighted by Crippen LogP contribution is 2.18. The van der Waals surface area contributed by atoms with Crippen molar-refractivity contribution in [2.24, 2.45) is 4.99 Å². The van der Waals surface area contributed by atoms with E-state index in [0.717, 1.165) is 0 Å². The second-order valence-electron chi connectivity index (χ2n) is 2.62. The Kier molecular flexibility index (Phi) is 3.59. The summed E-state index contributed by atoms with van der Waals surface area (Å²) >= 11 is 5.61. The molecule has 0 atom stereocenters. The first kappa shape index (κ1) is 10.7. The van der Waals surface area contributed by atoms with Gasteiger partial charge in [-0.3, -0.25) is 4.79 Å². The number of rotatable bonds is 4. The quantitative estimate of drug-likeness (QED) is 0.473. The Bertz CT molecular complexity index is 381. The van der Waals surface area contributed by atoms with E-state index < -0.39 is 0 Å². The van der Waals surface area contributed by atoms with Gasteiger partial charge >= 0.3 is 0 Å². The average molecular weight is 212 g/mol. The Hall–Kier alpha value is -1.42. The number of ketones is 1. The Morgan fingerprint density at radius 2 is 2.50 bits per heavy atom. The third kappa shape index (κ3) is 2.53.